The summed E-state index contributed by atoms with van der Waals surface area (Å²) in [6.07, 6.45) is -3.15. The molecule has 1 aromatic heterocycles. The Morgan fingerprint density at radius 3 is 2.23 bits per heavy atom. The van der Waals surface area contributed by atoms with Gasteiger partial charge < -0.3 is 4.90 Å². The summed E-state index contributed by atoms with van der Waals surface area (Å²) in [5.41, 5.74) is 0.0326. The Hall–Kier alpha value is -1.48. The number of halogens is 6. The number of hydrogen-bond acceptors (Lipinski definition) is 3. The summed E-state index contributed by atoms with van der Waals surface area (Å²) >= 11 is 18.5. The Morgan fingerprint density at radius 2 is 1.68 bits per heavy atom. The fraction of sp³-hybridized carbons (Fsp3) is 0.500. The zero-order valence-electron chi connectivity index (χ0n) is 16.4. The Labute approximate surface area is 192 Å². The first kappa shape index (κ1) is 22.7. The van der Waals surface area contributed by atoms with Gasteiger partial charge in [-0.15, -0.1) is 0 Å². The highest BCUT2D eigenvalue weighted by Gasteiger charge is 2.42. The van der Waals surface area contributed by atoms with E-state index in [1.165, 1.54) is 0 Å². The lowest BCUT2D eigenvalue weighted by Gasteiger charge is -2.35. The van der Waals surface area contributed by atoms with Crippen LogP contribution in [0.3, 0.4) is 0 Å². The van der Waals surface area contributed by atoms with Gasteiger partial charge >= 0.3 is 6.18 Å². The lowest BCUT2D eigenvalue weighted by Crippen LogP contribution is -2.49. The predicted octanol–water partition coefficient (Wildman–Crippen LogP) is 5.08. The maximum atomic E-state index is 13.2. The highest BCUT2D eigenvalue weighted by molar-refractivity contribution is 6.36. The fourth-order valence-electron chi connectivity index (χ4n) is 3.79. The molecule has 2 aliphatic rings. The minimum absolute atomic E-state index is 0.0684. The van der Waals surface area contributed by atoms with E-state index >= 15 is 0 Å². The minimum atomic E-state index is -4.65. The van der Waals surface area contributed by atoms with Crippen LogP contribution in [0, 0.1) is 0 Å². The van der Waals surface area contributed by atoms with Gasteiger partial charge in [-0.3, -0.25) is 14.4 Å². The molecule has 0 N–H and O–H groups in total. The SMILES string of the molecule is O=C(Cn1nc(C(F)(F)F)c(Cl)c1C1CC1)N1CCN(Cc2c(Cl)cccc2Cl)CC1. The average molecular weight is 496 g/mol. The molecular weight excluding hydrogens is 476 g/mol. The number of rotatable bonds is 5. The van der Waals surface area contributed by atoms with E-state index in [9.17, 15) is 18.0 Å². The molecule has 2 heterocycles. The van der Waals surface area contributed by atoms with Crippen molar-refractivity contribution in [1.29, 1.82) is 0 Å². The van der Waals surface area contributed by atoms with Crippen molar-refractivity contribution in [2.24, 2.45) is 0 Å². The number of carbonyl (C=O) groups excluding carboxylic acids is 1. The van der Waals surface area contributed by atoms with Crippen LogP contribution in [0.15, 0.2) is 18.2 Å². The van der Waals surface area contributed by atoms with Gasteiger partial charge in [-0.05, 0) is 25.0 Å². The number of carbonyl (C=O) groups is 1. The van der Waals surface area contributed by atoms with E-state index in [-0.39, 0.29) is 23.4 Å². The molecule has 1 saturated heterocycles. The number of hydrogen-bond donors (Lipinski definition) is 0. The monoisotopic (exact) mass is 494 g/mol. The number of aromatic nitrogens is 2. The molecule has 1 aliphatic heterocycles. The highest BCUT2D eigenvalue weighted by Crippen LogP contribution is 2.46. The summed E-state index contributed by atoms with van der Waals surface area (Å²) < 4.78 is 40.8. The quantitative estimate of drug-likeness (QED) is 0.581. The average Bonchev–Trinajstić information content (AvgIpc) is 3.48. The van der Waals surface area contributed by atoms with Gasteiger partial charge in [0, 0.05) is 54.3 Å². The first-order valence-corrected chi connectivity index (χ1v) is 11.0. The molecule has 1 saturated carbocycles. The summed E-state index contributed by atoms with van der Waals surface area (Å²) in [5.74, 6) is -0.341. The van der Waals surface area contributed by atoms with E-state index in [1.54, 1.807) is 23.1 Å². The van der Waals surface area contributed by atoms with Gasteiger partial charge in [0.2, 0.25) is 5.91 Å². The summed E-state index contributed by atoms with van der Waals surface area (Å²) in [7, 11) is 0. The van der Waals surface area contributed by atoms with Gasteiger partial charge in [-0.1, -0.05) is 40.9 Å². The molecule has 0 atom stereocenters. The van der Waals surface area contributed by atoms with Crippen molar-refractivity contribution < 1.29 is 18.0 Å². The van der Waals surface area contributed by atoms with Crippen LogP contribution in [-0.2, 0) is 24.1 Å². The molecule has 0 spiro atoms. The second kappa shape index (κ2) is 8.81. The third kappa shape index (κ3) is 4.97. The number of nitrogens with zero attached hydrogens (tertiary/aromatic N) is 4. The largest absolute Gasteiger partial charge is 0.436 e. The first-order valence-electron chi connectivity index (χ1n) is 9.91. The van der Waals surface area contributed by atoms with Gasteiger partial charge in [0.05, 0.1) is 10.7 Å². The molecule has 0 radical (unpaired) electrons. The van der Waals surface area contributed by atoms with Crippen LogP contribution in [0.4, 0.5) is 13.2 Å². The van der Waals surface area contributed by atoms with Crippen LogP contribution in [0.25, 0.3) is 0 Å². The molecule has 0 unspecified atom stereocenters. The molecule has 1 amide bonds. The Balaban J connectivity index is 1.40. The smallest absolute Gasteiger partial charge is 0.339 e. The Kier molecular flexibility index (Phi) is 6.45. The van der Waals surface area contributed by atoms with E-state index < -0.39 is 11.9 Å². The standard InChI is InChI=1S/C20H20Cl3F3N4O/c21-14-2-1-3-15(22)13(14)10-28-6-8-29(9-7-28)16(31)11-30-18(12-4-5-12)17(23)19(27-30)20(24,25)26/h1-3,12H,4-11H2. The van der Waals surface area contributed by atoms with Crippen molar-refractivity contribution in [2.45, 2.75) is 38.0 Å². The second-order valence-corrected chi connectivity index (χ2v) is 9.03. The number of benzene rings is 1. The van der Waals surface area contributed by atoms with Crippen LogP contribution in [0.5, 0.6) is 0 Å². The van der Waals surface area contributed by atoms with E-state index in [0.717, 1.165) is 23.1 Å². The first-order chi connectivity index (χ1) is 14.6. The Bertz CT molecular complexity index is 963. The third-order valence-electron chi connectivity index (χ3n) is 5.62. The molecule has 1 aliphatic carbocycles. The number of alkyl halides is 3. The zero-order chi connectivity index (χ0) is 22.3. The van der Waals surface area contributed by atoms with Gasteiger partial charge in [-0.2, -0.15) is 18.3 Å². The number of piperazine rings is 1. The van der Waals surface area contributed by atoms with Crippen LogP contribution in [0.2, 0.25) is 15.1 Å². The summed E-state index contributed by atoms with van der Waals surface area (Å²) in [4.78, 5) is 16.6. The summed E-state index contributed by atoms with van der Waals surface area (Å²) in [5, 5.41) is 4.44. The normalized spacial score (nSPS) is 17.9. The van der Waals surface area contributed by atoms with E-state index in [0.29, 0.717) is 48.5 Å². The molecule has 168 valence electrons. The van der Waals surface area contributed by atoms with Crippen LogP contribution in [-0.4, -0.2) is 51.7 Å². The summed E-state index contributed by atoms with van der Waals surface area (Å²) in [6, 6.07) is 5.35. The summed E-state index contributed by atoms with van der Waals surface area (Å²) in [6.45, 7) is 2.45. The Morgan fingerprint density at radius 1 is 1.06 bits per heavy atom. The minimum Gasteiger partial charge on any atom is -0.339 e. The zero-order valence-corrected chi connectivity index (χ0v) is 18.7. The lowest BCUT2D eigenvalue weighted by atomic mass is 10.2. The molecule has 0 bridgehead atoms. The molecule has 31 heavy (non-hydrogen) atoms. The van der Waals surface area contributed by atoms with Crippen molar-refractivity contribution in [1.82, 2.24) is 19.6 Å². The van der Waals surface area contributed by atoms with Crippen LogP contribution < -0.4 is 0 Å². The predicted molar refractivity (Wildman–Crippen MR) is 113 cm³/mol. The van der Waals surface area contributed by atoms with Crippen molar-refractivity contribution in [3.63, 3.8) is 0 Å². The molecule has 2 fully saturated rings. The molecule has 1 aromatic carbocycles. The van der Waals surface area contributed by atoms with Gasteiger partial charge in [-0.25, -0.2) is 0 Å². The van der Waals surface area contributed by atoms with Crippen LogP contribution in [0.1, 0.15) is 35.7 Å². The van der Waals surface area contributed by atoms with Gasteiger partial charge in [0.15, 0.2) is 5.69 Å². The molecule has 2 aromatic rings. The molecule has 5 nitrogen and oxygen atoms in total. The number of amides is 1. The van der Waals surface area contributed by atoms with E-state index in [1.807, 2.05) is 0 Å². The fourth-order valence-corrected chi connectivity index (χ4v) is 4.71. The van der Waals surface area contributed by atoms with E-state index in [2.05, 4.69) is 10.00 Å². The van der Waals surface area contributed by atoms with Crippen molar-refractivity contribution >= 4 is 40.7 Å². The second-order valence-electron chi connectivity index (χ2n) is 7.83. The lowest BCUT2D eigenvalue weighted by molar-refractivity contribution is -0.142. The van der Waals surface area contributed by atoms with Crippen molar-refractivity contribution in [2.75, 3.05) is 26.2 Å². The third-order valence-corrected chi connectivity index (χ3v) is 6.70. The van der Waals surface area contributed by atoms with E-state index in [4.69, 9.17) is 34.8 Å². The maximum absolute atomic E-state index is 13.2. The van der Waals surface area contributed by atoms with Gasteiger partial charge in [0.25, 0.3) is 0 Å². The maximum Gasteiger partial charge on any atom is 0.436 e. The molecular formula is C20H20Cl3F3N4O. The van der Waals surface area contributed by atoms with Crippen LogP contribution >= 0.6 is 34.8 Å². The van der Waals surface area contributed by atoms with Crippen molar-refractivity contribution in [3.8, 4) is 0 Å². The van der Waals surface area contributed by atoms with Crippen molar-refractivity contribution in [3.05, 3.63) is 50.2 Å². The van der Waals surface area contributed by atoms with Gasteiger partial charge in [0.1, 0.15) is 6.54 Å². The molecule has 11 heteroatoms. The topological polar surface area (TPSA) is 41.4 Å². The highest BCUT2D eigenvalue weighted by atomic mass is 35.5. The molecule has 4 rings (SSSR count).